The molecule has 1 aromatic carbocycles. The maximum absolute atomic E-state index is 11.2. The summed E-state index contributed by atoms with van der Waals surface area (Å²) in [6.07, 6.45) is -1.90. The van der Waals surface area contributed by atoms with E-state index in [1.54, 1.807) is 6.92 Å². The minimum absolute atomic E-state index is 0.301. The third-order valence-electron chi connectivity index (χ3n) is 3.25. The SMILES string of the molecule is CC(=O)OC1NOC(C)C(N=[N+]=[N-])C1OCc1ccccc1. The number of carbonyl (C=O) groups is 1. The van der Waals surface area contributed by atoms with Gasteiger partial charge in [-0.1, -0.05) is 35.4 Å². The van der Waals surface area contributed by atoms with Crippen LogP contribution in [0.2, 0.25) is 0 Å². The number of rotatable bonds is 5. The molecule has 1 aromatic rings. The molecule has 1 saturated heterocycles. The monoisotopic (exact) mass is 306 g/mol. The van der Waals surface area contributed by atoms with Crippen LogP contribution >= 0.6 is 0 Å². The first-order valence-electron chi connectivity index (χ1n) is 6.90. The Hall–Kier alpha value is -2.12. The molecule has 8 heteroatoms. The van der Waals surface area contributed by atoms with Crippen LogP contribution in [0.1, 0.15) is 19.4 Å². The standard InChI is InChI=1S/C14H18N4O4/c1-9-12(16-18-15)13(14(17-22-9)21-10(2)19)20-8-11-6-4-3-5-7-11/h3-7,9,12-14,17H,8H2,1-2H3. The zero-order valence-electron chi connectivity index (χ0n) is 12.4. The number of benzene rings is 1. The van der Waals surface area contributed by atoms with Crippen LogP contribution in [0.15, 0.2) is 35.4 Å². The molecular formula is C14H18N4O4. The minimum Gasteiger partial charge on any atom is -0.442 e. The summed E-state index contributed by atoms with van der Waals surface area (Å²) in [7, 11) is 0. The maximum Gasteiger partial charge on any atom is 0.304 e. The molecule has 0 amide bonds. The number of ether oxygens (including phenoxy) is 2. The molecular weight excluding hydrogens is 288 g/mol. The molecule has 4 atom stereocenters. The lowest BCUT2D eigenvalue weighted by Crippen LogP contribution is -2.59. The molecule has 1 fully saturated rings. The number of azide groups is 1. The fraction of sp³-hybridized carbons (Fsp3) is 0.500. The summed E-state index contributed by atoms with van der Waals surface area (Å²) in [5.41, 5.74) is 12.3. The highest BCUT2D eigenvalue weighted by Crippen LogP contribution is 2.22. The van der Waals surface area contributed by atoms with Gasteiger partial charge in [0.15, 0.2) is 0 Å². The highest BCUT2D eigenvalue weighted by atomic mass is 16.7. The predicted octanol–water partition coefficient (Wildman–Crippen LogP) is 2.06. The molecule has 0 aromatic heterocycles. The quantitative estimate of drug-likeness (QED) is 0.388. The molecule has 0 saturated carbocycles. The van der Waals surface area contributed by atoms with Crippen LogP contribution in [0.3, 0.4) is 0 Å². The van der Waals surface area contributed by atoms with Gasteiger partial charge >= 0.3 is 5.97 Å². The minimum atomic E-state index is -0.840. The van der Waals surface area contributed by atoms with E-state index in [2.05, 4.69) is 15.5 Å². The second-order valence-corrected chi connectivity index (χ2v) is 4.93. The fourth-order valence-corrected chi connectivity index (χ4v) is 2.20. The van der Waals surface area contributed by atoms with E-state index < -0.39 is 30.4 Å². The fourth-order valence-electron chi connectivity index (χ4n) is 2.20. The highest BCUT2D eigenvalue weighted by Gasteiger charge is 2.41. The molecule has 0 aliphatic carbocycles. The van der Waals surface area contributed by atoms with Crippen LogP contribution in [-0.4, -0.2) is 30.4 Å². The molecule has 1 heterocycles. The summed E-state index contributed by atoms with van der Waals surface area (Å²) < 4.78 is 11.0. The van der Waals surface area contributed by atoms with Crippen molar-refractivity contribution in [2.75, 3.05) is 0 Å². The number of hydrogen-bond donors (Lipinski definition) is 1. The normalized spacial score (nSPS) is 27.7. The molecule has 1 aliphatic heterocycles. The Morgan fingerprint density at radius 1 is 1.45 bits per heavy atom. The summed E-state index contributed by atoms with van der Waals surface area (Å²) in [6, 6.07) is 8.93. The molecule has 118 valence electrons. The number of hydrogen-bond acceptors (Lipinski definition) is 6. The highest BCUT2D eigenvalue weighted by molar-refractivity contribution is 5.66. The zero-order valence-corrected chi connectivity index (χ0v) is 12.4. The molecule has 0 spiro atoms. The molecule has 22 heavy (non-hydrogen) atoms. The van der Waals surface area contributed by atoms with Gasteiger partial charge in [-0.25, -0.2) is 0 Å². The van der Waals surface area contributed by atoms with Crippen molar-refractivity contribution in [3.8, 4) is 0 Å². The van der Waals surface area contributed by atoms with Gasteiger partial charge in [0.25, 0.3) is 0 Å². The maximum atomic E-state index is 11.2. The van der Waals surface area contributed by atoms with Gasteiger partial charge in [-0.3, -0.25) is 9.63 Å². The number of nitrogens with one attached hydrogen (secondary N) is 1. The first-order valence-corrected chi connectivity index (χ1v) is 6.90. The van der Waals surface area contributed by atoms with Crippen molar-refractivity contribution < 1.29 is 19.1 Å². The van der Waals surface area contributed by atoms with Crippen LogP contribution in [0.4, 0.5) is 0 Å². The zero-order chi connectivity index (χ0) is 15.9. The van der Waals surface area contributed by atoms with E-state index in [0.717, 1.165) is 5.56 Å². The summed E-state index contributed by atoms with van der Waals surface area (Å²) >= 11 is 0. The lowest BCUT2D eigenvalue weighted by Gasteiger charge is -2.38. The Morgan fingerprint density at radius 2 is 2.18 bits per heavy atom. The molecule has 1 N–H and O–H groups in total. The van der Waals surface area contributed by atoms with E-state index in [-0.39, 0.29) is 0 Å². The second kappa shape index (κ2) is 7.77. The van der Waals surface area contributed by atoms with Crippen molar-refractivity contribution in [3.05, 3.63) is 46.3 Å². The van der Waals surface area contributed by atoms with Gasteiger partial charge in [-0.05, 0) is 18.0 Å². The van der Waals surface area contributed by atoms with Crippen molar-refractivity contribution in [1.29, 1.82) is 0 Å². The predicted molar refractivity (Wildman–Crippen MR) is 77.2 cm³/mol. The van der Waals surface area contributed by atoms with Crippen LogP contribution in [0.5, 0.6) is 0 Å². The van der Waals surface area contributed by atoms with Crippen molar-refractivity contribution in [1.82, 2.24) is 5.48 Å². The van der Waals surface area contributed by atoms with Crippen molar-refractivity contribution in [3.63, 3.8) is 0 Å². The van der Waals surface area contributed by atoms with Gasteiger partial charge in [-0.15, -0.1) is 0 Å². The van der Waals surface area contributed by atoms with Gasteiger partial charge in [-0.2, -0.15) is 5.48 Å². The van der Waals surface area contributed by atoms with Crippen LogP contribution in [0, 0.1) is 0 Å². The van der Waals surface area contributed by atoms with Gasteiger partial charge in [0.1, 0.15) is 6.10 Å². The van der Waals surface area contributed by atoms with Gasteiger partial charge in [0.2, 0.25) is 6.23 Å². The van der Waals surface area contributed by atoms with Crippen molar-refractivity contribution in [2.45, 2.75) is 44.9 Å². The van der Waals surface area contributed by atoms with E-state index in [1.165, 1.54) is 6.92 Å². The van der Waals surface area contributed by atoms with E-state index in [0.29, 0.717) is 6.61 Å². The number of carbonyl (C=O) groups excluding carboxylic acids is 1. The smallest absolute Gasteiger partial charge is 0.304 e. The van der Waals surface area contributed by atoms with Crippen molar-refractivity contribution >= 4 is 5.97 Å². The van der Waals surface area contributed by atoms with E-state index >= 15 is 0 Å². The Morgan fingerprint density at radius 3 is 2.82 bits per heavy atom. The Bertz CT molecular complexity index is 547. The summed E-state index contributed by atoms with van der Waals surface area (Å²) in [5, 5.41) is 3.72. The third kappa shape index (κ3) is 4.19. The topological polar surface area (TPSA) is 106 Å². The first-order chi connectivity index (χ1) is 10.6. The first kappa shape index (κ1) is 16.3. The van der Waals surface area contributed by atoms with Crippen LogP contribution < -0.4 is 5.48 Å². The Balaban J connectivity index is 2.13. The third-order valence-corrected chi connectivity index (χ3v) is 3.25. The summed E-state index contributed by atoms with van der Waals surface area (Å²) in [6.45, 7) is 3.33. The van der Waals surface area contributed by atoms with Crippen molar-refractivity contribution in [2.24, 2.45) is 5.11 Å². The van der Waals surface area contributed by atoms with Gasteiger partial charge in [0, 0.05) is 11.8 Å². The van der Waals surface area contributed by atoms with Crippen LogP contribution in [-0.2, 0) is 25.7 Å². The largest absolute Gasteiger partial charge is 0.442 e. The van der Waals surface area contributed by atoms with Gasteiger partial charge in [0.05, 0.1) is 18.8 Å². The molecule has 4 unspecified atom stereocenters. The number of nitrogens with zero attached hydrogens (tertiary/aromatic N) is 3. The van der Waals surface area contributed by atoms with Crippen LogP contribution in [0.25, 0.3) is 10.4 Å². The molecule has 0 radical (unpaired) electrons. The molecule has 2 rings (SSSR count). The van der Waals surface area contributed by atoms with E-state index in [9.17, 15) is 4.79 Å². The lowest BCUT2D eigenvalue weighted by atomic mass is 10.0. The summed E-state index contributed by atoms with van der Waals surface area (Å²) in [4.78, 5) is 19.3. The van der Waals surface area contributed by atoms with E-state index in [4.69, 9.17) is 19.8 Å². The number of esters is 1. The lowest BCUT2D eigenvalue weighted by molar-refractivity contribution is -0.222. The average Bonchev–Trinajstić information content (AvgIpc) is 2.50. The van der Waals surface area contributed by atoms with Gasteiger partial charge < -0.3 is 9.47 Å². The summed E-state index contributed by atoms with van der Waals surface area (Å²) in [5.74, 6) is -0.483. The molecule has 8 nitrogen and oxygen atoms in total. The second-order valence-electron chi connectivity index (χ2n) is 4.93. The average molecular weight is 306 g/mol. The number of hydroxylamine groups is 1. The molecule has 1 aliphatic rings. The van der Waals surface area contributed by atoms with E-state index in [1.807, 2.05) is 30.3 Å². The molecule has 0 bridgehead atoms. The Labute approximate surface area is 127 Å². The Kier molecular flexibility index (Phi) is 5.74.